The molecule has 0 bridgehead atoms. The van der Waals surface area contributed by atoms with Gasteiger partial charge in [-0.3, -0.25) is 14.6 Å². The van der Waals surface area contributed by atoms with Crippen LogP contribution in [0.25, 0.3) is 11.4 Å². The maximum absolute atomic E-state index is 5.28. The average Bonchev–Trinajstić information content (AvgIpc) is 3.07. The van der Waals surface area contributed by atoms with Crippen LogP contribution in [-0.2, 0) is 13.0 Å². The summed E-state index contributed by atoms with van der Waals surface area (Å²) in [6.45, 7) is 0.764. The van der Waals surface area contributed by atoms with Crippen LogP contribution in [-0.4, -0.2) is 24.7 Å². The highest BCUT2D eigenvalue weighted by Crippen LogP contribution is 2.17. The van der Waals surface area contributed by atoms with E-state index in [1.807, 2.05) is 28.3 Å². The zero-order valence-electron chi connectivity index (χ0n) is 9.98. The van der Waals surface area contributed by atoms with Gasteiger partial charge in [-0.15, -0.1) is 11.3 Å². The summed E-state index contributed by atoms with van der Waals surface area (Å²) in [5.74, 6) is 0.837. The summed E-state index contributed by atoms with van der Waals surface area (Å²) in [7, 11) is 0. The van der Waals surface area contributed by atoms with E-state index in [1.54, 1.807) is 23.7 Å². The highest BCUT2D eigenvalue weighted by atomic mass is 32.1. The molecule has 0 aliphatic carbocycles. The van der Waals surface area contributed by atoms with Crippen molar-refractivity contribution in [2.45, 2.75) is 13.0 Å². The lowest BCUT2D eigenvalue weighted by atomic mass is 10.2. The lowest BCUT2D eigenvalue weighted by Gasteiger charge is -2.05. The van der Waals surface area contributed by atoms with Crippen molar-refractivity contribution < 1.29 is 0 Å². The van der Waals surface area contributed by atoms with Crippen molar-refractivity contribution in [3.63, 3.8) is 0 Å². The van der Waals surface area contributed by atoms with E-state index >= 15 is 0 Å². The second-order valence-electron chi connectivity index (χ2n) is 3.92. The van der Waals surface area contributed by atoms with Gasteiger partial charge in [0, 0.05) is 42.5 Å². The standard InChI is InChI=1S/C12H11N5S2/c18-12-16-15-11(9-1-4-13-5-2-9)17(12)7-3-10-14-6-8-19-10/h1-2,4-6,8H,3,7H2,(H,16,18). The summed E-state index contributed by atoms with van der Waals surface area (Å²) in [5, 5.41) is 10.2. The summed E-state index contributed by atoms with van der Waals surface area (Å²) >= 11 is 6.93. The molecule has 3 aromatic rings. The molecule has 5 nitrogen and oxygen atoms in total. The number of hydrogen-bond donors (Lipinski definition) is 1. The number of hydrogen-bond acceptors (Lipinski definition) is 5. The second-order valence-corrected chi connectivity index (χ2v) is 5.28. The topological polar surface area (TPSA) is 59.4 Å². The van der Waals surface area contributed by atoms with Crippen LogP contribution in [0.3, 0.4) is 0 Å². The van der Waals surface area contributed by atoms with Gasteiger partial charge >= 0.3 is 0 Å². The van der Waals surface area contributed by atoms with Crippen LogP contribution in [0.15, 0.2) is 36.1 Å². The van der Waals surface area contributed by atoms with E-state index in [-0.39, 0.29) is 0 Å². The highest BCUT2D eigenvalue weighted by molar-refractivity contribution is 7.71. The molecular formula is C12H11N5S2. The first-order chi connectivity index (χ1) is 9.34. The van der Waals surface area contributed by atoms with E-state index in [1.165, 1.54) is 0 Å². The molecule has 0 radical (unpaired) electrons. The summed E-state index contributed by atoms with van der Waals surface area (Å²) in [6.07, 6.45) is 6.17. The van der Waals surface area contributed by atoms with Crippen molar-refractivity contribution >= 4 is 23.6 Å². The quantitative estimate of drug-likeness (QED) is 0.750. The van der Waals surface area contributed by atoms with Gasteiger partial charge in [-0.1, -0.05) is 0 Å². The molecule has 3 aromatic heterocycles. The number of aryl methyl sites for hydroxylation is 1. The second kappa shape index (κ2) is 5.41. The molecule has 7 heteroatoms. The van der Waals surface area contributed by atoms with Gasteiger partial charge in [-0.05, 0) is 24.4 Å². The molecule has 1 N–H and O–H groups in total. The van der Waals surface area contributed by atoms with Gasteiger partial charge in [0.05, 0.1) is 5.01 Å². The number of aromatic nitrogens is 5. The predicted octanol–water partition coefficient (Wildman–Crippen LogP) is 2.70. The van der Waals surface area contributed by atoms with Crippen LogP contribution < -0.4 is 0 Å². The van der Waals surface area contributed by atoms with Gasteiger partial charge in [0.15, 0.2) is 10.6 Å². The van der Waals surface area contributed by atoms with Gasteiger partial charge in [-0.25, -0.2) is 4.98 Å². The predicted molar refractivity (Wildman–Crippen MR) is 76.5 cm³/mol. The molecule has 0 aliphatic heterocycles. The Morgan fingerprint density at radius 1 is 1.26 bits per heavy atom. The molecule has 0 fully saturated rings. The van der Waals surface area contributed by atoms with Crippen molar-refractivity contribution in [3.8, 4) is 11.4 Å². The van der Waals surface area contributed by atoms with E-state index in [2.05, 4.69) is 20.2 Å². The van der Waals surface area contributed by atoms with E-state index < -0.39 is 0 Å². The SMILES string of the molecule is S=c1[nH]nc(-c2ccncc2)n1CCc1nccs1. The van der Waals surface area contributed by atoms with Crippen LogP contribution in [0, 0.1) is 4.77 Å². The summed E-state index contributed by atoms with van der Waals surface area (Å²) < 4.78 is 2.62. The molecule has 0 unspecified atom stereocenters. The largest absolute Gasteiger partial charge is 0.300 e. The Morgan fingerprint density at radius 2 is 2.11 bits per heavy atom. The van der Waals surface area contributed by atoms with Crippen molar-refractivity contribution in [2.24, 2.45) is 0 Å². The van der Waals surface area contributed by atoms with Crippen molar-refractivity contribution in [1.29, 1.82) is 0 Å². The van der Waals surface area contributed by atoms with Crippen LogP contribution in [0.2, 0.25) is 0 Å². The summed E-state index contributed by atoms with van der Waals surface area (Å²) in [4.78, 5) is 8.29. The lowest BCUT2D eigenvalue weighted by Crippen LogP contribution is -2.03. The Labute approximate surface area is 119 Å². The van der Waals surface area contributed by atoms with E-state index in [0.29, 0.717) is 4.77 Å². The molecule has 19 heavy (non-hydrogen) atoms. The van der Waals surface area contributed by atoms with Crippen LogP contribution >= 0.6 is 23.6 Å². The Hall–Kier alpha value is -1.86. The minimum atomic E-state index is 0.628. The van der Waals surface area contributed by atoms with Crippen molar-refractivity contribution in [3.05, 3.63) is 45.9 Å². The summed E-state index contributed by atoms with van der Waals surface area (Å²) in [6, 6.07) is 3.84. The molecule has 0 spiro atoms. The zero-order valence-corrected chi connectivity index (χ0v) is 11.6. The molecule has 0 atom stereocenters. The Balaban J connectivity index is 1.89. The van der Waals surface area contributed by atoms with Gasteiger partial charge < -0.3 is 0 Å². The highest BCUT2D eigenvalue weighted by Gasteiger charge is 2.09. The van der Waals surface area contributed by atoms with Crippen molar-refractivity contribution in [2.75, 3.05) is 0 Å². The number of nitrogens with one attached hydrogen (secondary N) is 1. The third-order valence-corrected chi connectivity index (χ3v) is 3.88. The Kier molecular flexibility index (Phi) is 3.47. The molecule has 3 rings (SSSR count). The fraction of sp³-hybridized carbons (Fsp3) is 0.167. The Bertz CT molecular complexity index is 699. The molecule has 0 amide bonds. The number of nitrogens with zero attached hydrogens (tertiary/aromatic N) is 4. The molecule has 0 aliphatic rings. The van der Waals surface area contributed by atoms with Crippen molar-refractivity contribution in [1.82, 2.24) is 24.7 Å². The number of thiazole rings is 1. The number of rotatable bonds is 4. The first-order valence-corrected chi connectivity index (χ1v) is 7.07. The molecule has 0 saturated carbocycles. The van der Waals surface area contributed by atoms with Gasteiger partial charge in [0.25, 0.3) is 0 Å². The fourth-order valence-electron chi connectivity index (χ4n) is 1.83. The average molecular weight is 289 g/mol. The first kappa shape index (κ1) is 12.2. The van der Waals surface area contributed by atoms with Gasteiger partial charge in [0.2, 0.25) is 0 Å². The monoisotopic (exact) mass is 289 g/mol. The van der Waals surface area contributed by atoms with E-state index in [0.717, 1.165) is 29.4 Å². The molecule has 96 valence electrons. The van der Waals surface area contributed by atoms with Gasteiger partial charge in [0.1, 0.15) is 0 Å². The fourth-order valence-corrected chi connectivity index (χ4v) is 2.66. The molecule has 0 aromatic carbocycles. The third-order valence-electron chi connectivity index (χ3n) is 2.73. The van der Waals surface area contributed by atoms with Crippen LogP contribution in [0.4, 0.5) is 0 Å². The number of aromatic amines is 1. The van der Waals surface area contributed by atoms with E-state index in [4.69, 9.17) is 12.2 Å². The zero-order chi connectivity index (χ0) is 13.1. The Morgan fingerprint density at radius 3 is 2.84 bits per heavy atom. The number of pyridine rings is 1. The normalized spacial score (nSPS) is 10.7. The molecule has 3 heterocycles. The maximum atomic E-state index is 5.28. The molecular weight excluding hydrogens is 278 g/mol. The smallest absolute Gasteiger partial charge is 0.195 e. The molecule has 0 saturated heterocycles. The maximum Gasteiger partial charge on any atom is 0.195 e. The van der Waals surface area contributed by atoms with E-state index in [9.17, 15) is 0 Å². The lowest BCUT2D eigenvalue weighted by molar-refractivity contribution is 0.689. The van der Waals surface area contributed by atoms with Gasteiger partial charge in [-0.2, -0.15) is 5.10 Å². The summed E-state index contributed by atoms with van der Waals surface area (Å²) in [5.41, 5.74) is 1.00. The minimum absolute atomic E-state index is 0.628. The third kappa shape index (κ3) is 2.61. The minimum Gasteiger partial charge on any atom is -0.300 e. The first-order valence-electron chi connectivity index (χ1n) is 5.78. The van der Waals surface area contributed by atoms with Crippen LogP contribution in [0.5, 0.6) is 0 Å². The number of H-pyrrole nitrogens is 1. The van der Waals surface area contributed by atoms with Crippen LogP contribution in [0.1, 0.15) is 5.01 Å².